The summed E-state index contributed by atoms with van der Waals surface area (Å²) in [7, 11) is -3.58. The van der Waals surface area contributed by atoms with E-state index < -0.39 is 10.0 Å². The van der Waals surface area contributed by atoms with Crippen LogP contribution in [0.2, 0.25) is 0 Å². The largest absolute Gasteiger partial charge is 0.327 e. The Balaban J connectivity index is 2.39. The highest BCUT2D eigenvalue weighted by Gasteiger charge is 2.17. The molecule has 0 radical (unpaired) electrons. The second-order valence-corrected chi connectivity index (χ2v) is 6.13. The molecule has 0 spiro atoms. The molecule has 0 atom stereocenters. The minimum Gasteiger partial charge on any atom is -0.327 e. The second-order valence-electron chi connectivity index (χ2n) is 4.40. The lowest BCUT2D eigenvalue weighted by Gasteiger charge is -2.08. The minimum absolute atomic E-state index is 0.191. The molecule has 1 aromatic heterocycles. The molecule has 3 N–H and O–H groups in total. The van der Waals surface area contributed by atoms with Gasteiger partial charge in [0, 0.05) is 24.7 Å². The van der Waals surface area contributed by atoms with Crippen LogP contribution in [0.5, 0.6) is 0 Å². The Morgan fingerprint density at radius 3 is 2.90 bits per heavy atom. The zero-order valence-corrected chi connectivity index (χ0v) is 12.0. The summed E-state index contributed by atoms with van der Waals surface area (Å²) in [5.74, 6) is 0. The van der Waals surface area contributed by atoms with Gasteiger partial charge in [-0.05, 0) is 24.6 Å². The van der Waals surface area contributed by atoms with E-state index in [1.54, 1.807) is 30.5 Å². The highest BCUT2D eigenvalue weighted by molar-refractivity contribution is 7.89. The Morgan fingerprint density at radius 2 is 2.15 bits per heavy atom. The molecule has 106 valence electrons. The van der Waals surface area contributed by atoms with Crippen molar-refractivity contribution in [2.24, 2.45) is 5.73 Å². The normalized spacial score (nSPS) is 12.3. The number of para-hydroxylation sites is 1. The molecule has 0 unspecified atom stereocenters. The minimum atomic E-state index is -3.58. The Bertz CT molecular complexity index is 739. The molecule has 6 heteroatoms. The third kappa shape index (κ3) is 3.22. The molecule has 2 aromatic rings. The number of pyridine rings is 1. The number of nitrogens with zero attached hydrogens (tertiary/aromatic N) is 1. The Kier molecular flexibility index (Phi) is 4.49. The number of hydrogen-bond acceptors (Lipinski definition) is 4. The summed E-state index contributed by atoms with van der Waals surface area (Å²) in [5.41, 5.74) is 6.78. The van der Waals surface area contributed by atoms with Crippen LogP contribution in [0.4, 0.5) is 0 Å². The van der Waals surface area contributed by atoms with Crippen molar-refractivity contribution in [2.45, 2.75) is 11.8 Å². The van der Waals surface area contributed by atoms with Gasteiger partial charge < -0.3 is 5.73 Å². The van der Waals surface area contributed by atoms with Gasteiger partial charge in [-0.1, -0.05) is 24.3 Å². The molecular formula is C14H17N3O2S. The summed E-state index contributed by atoms with van der Waals surface area (Å²) in [6, 6.07) is 7.03. The van der Waals surface area contributed by atoms with Crippen LogP contribution >= 0.6 is 0 Å². The summed E-state index contributed by atoms with van der Waals surface area (Å²) < 4.78 is 27.1. The number of benzene rings is 1. The molecule has 0 bridgehead atoms. The van der Waals surface area contributed by atoms with E-state index in [1.165, 1.54) is 0 Å². The zero-order valence-electron chi connectivity index (χ0n) is 11.2. The average Bonchev–Trinajstić information content (AvgIpc) is 2.42. The first-order valence-corrected chi connectivity index (χ1v) is 7.73. The lowest BCUT2D eigenvalue weighted by molar-refractivity contribution is 0.586. The van der Waals surface area contributed by atoms with E-state index in [0.29, 0.717) is 12.1 Å². The molecule has 0 aliphatic carbocycles. The highest BCUT2D eigenvalue weighted by atomic mass is 32.2. The number of nitrogens with two attached hydrogens (primary N) is 1. The Labute approximate surface area is 118 Å². The van der Waals surface area contributed by atoms with Crippen molar-refractivity contribution in [3.63, 3.8) is 0 Å². The standard InChI is InChI=1S/C14H17N3O2S/c1-11-9-12-5-4-6-13(14(12)16-10-11)20(18,19)17-8-3-2-7-15/h2-6,9-10,17H,7-8,15H2,1H3/b3-2+. The van der Waals surface area contributed by atoms with Gasteiger partial charge >= 0.3 is 0 Å². The quantitative estimate of drug-likeness (QED) is 0.814. The molecule has 0 saturated heterocycles. The van der Waals surface area contributed by atoms with Crippen molar-refractivity contribution in [3.05, 3.63) is 48.2 Å². The van der Waals surface area contributed by atoms with Crippen LogP contribution in [0, 0.1) is 6.92 Å². The molecular weight excluding hydrogens is 274 g/mol. The van der Waals surface area contributed by atoms with Gasteiger partial charge in [-0.2, -0.15) is 0 Å². The smallest absolute Gasteiger partial charge is 0.243 e. The molecule has 0 aliphatic heterocycles. The molecule has 1 heterocycles. The molecule has 0 saturated carbocycles. The maximum Gasteiger partial charge on any atom is 0.243 e. The van der Waals surface area contributed by atoms with Crippen LogP contribution in [0.25, 0.3) is 10.9 Å². The third-order valence-corrected chi connectivity index (χ3v) is 4.25. The number of fused-ring (bicyclic) bond motifs is 1. The van der Waals surface area contributed by atoms with Gasteiger partial charge in [0.25, 0.3) is 0 Å². The van der Waals surface area contributed by atoms with E-state index in [1.807, 2.05) is 19.1 Å². The van der Waals surface area contributed by atoms with Crippen LogP contribution in [-0.4, -0.2) is 26.5 Å². The van der Waals surface area contributed by atoms with Crippen LogP contribution in [-0.2, 0) is 10.0 Å². The lowest BCUT2D eigenvalue weighted by Crippen LogP contribution is -2.24. The van der Waals surface area contributed by atoms with E-state index >= 15 is 0 Å². The number of sulfonamides is 1. The lowest BCUT2D eigenvalue weighted by atomic mass is 10.2. The van der Waals surface area contributed by atoms with Crippen LogP contribution < -0.4 is 10.5 Å². The summed E-state index contributed by atoms with van der Waals surface area (Å²) in [6.07, 6.45) is 5.04. The second kappa shape index (κ2) is 6.13. The van der Waals surface area contributed by atoms with Crippen LogP contribution in [0.3, 0.4) is 0 Å². The molecule has 5 nitrogen and oxygen atoms in total. The van der Waals surface area contributed by atoms with E-state index in [4.69, 9.17) is 5.73 Å². The fourth-order valence-corrected chi connectivity index (χ4v) is 3.03. The fourth-order valence-electron chi connectivity index (χ4n) is 1.87. The SMILES string of the molecule is Cc1cnc2c(S(=O)(=O)NC/C=C/CN)cccc2c1. The highest BCUT2D eigenvalue weighted by Crippen LogP contribution is 2.21. The summed E-state index contributed by atoms with van der Waals surface area (Å²) in [6.45, 7) is 2.52. The van der Waals surface area contributed by atoms with Crippen LogP contribution in [0.15, 0.2) is 47.5 Å². The van der Waals surface area contributed by atoms with Gasteiger partial charge in [0.15, 0.2) is 0 Å². The molecule has 0 amide bonds. The summed E-state index contributed by atoms with van der Waals surface area (Å²) in [4.78, 5) is 4.43. The van der Waals surface area contributed by atoms with Crippen molar-refractivity contribution in [1.29, 1.82) is 0 Å². The van der Waals surface area contributed by atoms with Crippen molar-refractivity contribution in [2.75, 3.05) is 13.1 Å². The van der Waals surface area contributed by atoms with Gasteiger partial charge in [0.2, 0.25) is 10.0 Å². The van der Waals surface area contributed by atoms with E-state index in [-0.39, 0.29) is 11.4 Å². The Hall–Kier alpha value is -1.76. The topological polar surface area (TPSA) is 85.1 Å². The van der Waals surface area contributed by atoms with Crippen molar-refractivity contribution in [1.82, 2.24) is 9.71 Å². The predicted octanol–water partition coefficient (Wildman–Crippen LogP) is 1.34. The fraction of sp³-hybridized carbons (Fsp3) is 0.214. The van der Waals surface area contributed by atoms with E-state index in [2.05, 4.69) is 9.71 Å². The first-order valence-electron chi connectivity index (χ1n) is 6.25. The zero-order chi connectivity index (χ0) is 14.6. The van der Waals surface area contributed by atoms with Gasteiger partial charge in [-0.3, -0.25) is 4.98 Å². The van der Waals surface area contributed by atoms with Crippen molar-refractivity contribution < 1.29 is 8.42 Å². The maximum atomic E-state index is 12.3. The monoisotopic (exact) mass is 291 g/mol. The molecule has 0 aliphatic rings. The first-order chi connectivity index (χ1) is 9.54. The van der Waals surface area contributed by atoms with E-state index in [9.17, 15) is 8.42 Å². The van der Waals surface area contributed by atoms with Gasteiger partial charge in [0.05, 0.1) is 5.52 Å². The maximum absolute atomic E-state index is 12.3. The van der Waals surface area contributed by atoms with Gasteiger partial charge in [0.1, 0.15) is 4.90 Å². The predicted molar refractivity (Wildman–Crippen MR) is 79.9 cm³/mol. The van der Waals surface area contributed by atoms with Crippen molar-refractivity contribution in [3.8, 4) is 0 Å². The van der Waals surface area contributed by atoms with Gasteiger partial charge in [-0.15, -0.1) is 0 Å². The number of hydrogen-bond donors (Lipinski definition) is 2. The number of rotatable bonds is 5. The molecule has 0 fully saturated rings. The summed E-state index contributed by atoms with van der Waals surface area (Å²) >= 11 is 0. The average molecular weight is 291 g/mol. The van der Waals surface area contributed by atoms with Crippen molar-refractivity contribution >= 4 is 20.9 Å². The van der Waals surface area contributed by atoms with Gasteiger partial charge in [-0.25, -0.2) is 13.1 Å². The molecule has 2 rings (SSSR count). The Morgan fingerprint density at radius 1 is 1.35 bits per heavy atom. The third-order valence-electron chi connectivity index (χ3n) is 2.79. The molecule has 1 aromatic carbocycles. The van der Waals surface area contributed by atoms with E-state index in [0.717, 1.165) is 10.9 Å². The first kappa shape index (κ1) is 14.6. The molecule has 20 heavy (non-hydrogen) atoms. The number of nitrogens with one attached hydrogen (secondary N) is 1. The number of aryl methyl sites for hydroxylation is 1. The van der Waals surface area contributed by atoms with Crippen LogP contribution in [0.1, 0.15) is 5.56 Å². The summed E-state index contributed by atoms with van der Waals surface area (Å²) in [5, 5.41) is 0.811. The number of aromatic nitrogens is 1.